The molecule has 0 unspecified atom stereocenters. The van der Waals surface area contributed by atoms with Gasteiger partial charge in [0.05, 0.1) is 35.0 Å². The highest BCUT2D eigenvalue weighted by Crippen LogP contribution is 2.33. The number of amides is 1. The number of aromatic nitrogens is 4. The summed E-state index contributed by atoms with van der Waals surface area (Å²) in [5.41, 5.74) is 1.60. The lowest BCUT2D eigenvalue weighted by Gasteiger charge is -2.19. The van der Waals surface area contributed by atoms with Gasteiger partial charge in [0.2, 0.25) is 0 Å². The summed E-state index contributed by atoms with van der Waals surface area (Å²) < 4.78 is 53.9. The van der Waals surface area contributed by atoms with Crippen molar-refractivity contribution in [3.63, 3.8) is 0 Å². The highest BCUT2D eigenvalue weighted by atomic mass is 35.5. The molecule has 13 heteroatoms. The third-order valence-electron chi connectivity index (χ3n) is 7.40. The number of fused-ring (bicyclic) bond motifs is 1. The van der Waals surface area contributed by atoms with Crippen molar-refractivity contribution in [2.24, 2.45) is 5.92 Å². The van der Waals surface area contributed by atoms with Crippen molar-refractivity contribution in [2.45, 2.75) is 37.2 Å². The van der Waals surface area contributed by atoms with E-state index >= 15 is 0 Å². The summed E-state index contributed by atoms with van der Waals surface area (Å²) in [5, 5.41) is 0.713. The Morgan fingerprint density at radius 3 is 2.76 bits per heavy atom. The average Bonchev–Trinajstić information content (AvgIpc) is 3.71. The molecule has 2 saturated heterocycles. The minimum absolute atomic E-state index is 0.0287. The molecule has 0 spiro atoms. The van der Waals surface area contributed by atoms with E-state index in [0.29, 0.717) is 55.1 Å². The molecule has 3 aromatic heterocycles. The Kier molecular flexibility index (Phi) is 7.39. The van der Waals surface area contributed by atoms with Gasteiger partial charge in [-0.25, -0.2) is 36.5 Å². The molecular weight excluding hydrogens is 573 g/mol. The Hall–Kier alpha value is -3.61. The predicted molar refractivity (Wildman–Crippen MR) is 149 cm³/mol. The van der Waals surface area contributed by atoms with Crippen molar-refractivity contribution >= 4 is 38.8 Å². The SMILES string of the molecule is Cc1ccc(S(=O)(=O)n2cc(-c3ncc(F)c(C[C@@H]4CCN(C(=O)O[C@H]5CCOC5)C4)n3)c3cc(Cl)cnc32)cc1. The van der Waals surface area contributed by atoms with Crippen LogP contribution in [0, 0.1) is 18.7 Å². The molecule has 0 aliphatic carbocycles. The molecule has 5 heterocycles. The van der Waals surface area contributed by atoms with Crippen LogP contribution in [0.1, 0.15) is 24.1 Å². The summed E-state index contributed by atoms with van der Waals surface area (Å²) in [6.45, 7) is 3.77. The Bertz CT molecular complexity index is 1720. The van der Waals surface area contributed by atoms with E-state index in [9.17, 15) is 17.6 Å². The largest absolute Gasteiger partial charge is 0.444 e. The molecule has 0 N–H and O–H groups in total. The fraction of sp³-hybridized carbons (Fsp3) is 0.357. The van der Waals surface area contributed by atoms with Crippen LogP contribution in [0.3, 0.4) is 0 Å². The van der Waals surface area contributed by atoms with Crippen molar-refractivity contribution in [2.75, 3.05) is 26.3 Å². The zero-order chi connectivity index (χ0) is 28.7. The standard InChI is InChI=1S/C28H27ClFN5O5S/c1-17-2-4-21(5-3-17)41(37,38)35-15-23(22-11-19(29)12-32-27(22)35)26-31-13-24(30)25(33-26)10-18-6-8-34(14-18)28(36)40-20-7-9-39-16-20/h2-5,11-13,15,18,20H,6-10,14,16H2,1H3/t18-,20-/m0/s1. The number of rotatable bonds is 6. The van der Waals surface area contributed by atoms with E-state index in [4.69, 9.17) is 21.1 Å². The van der Waals surface area contributed by atoms with Gasteiger partial charge in [-0.2, -0.15) is 0 Å². The van der Waals surface area contributed by atoms with E-state index in [1.807, 2.05) is 6.92 Å². The van der Waals surface area contributed by atoms with E-state index in [2.05, 4.69) is 15.0 Å². The molecule has 214 valence electrons. The first-order chi connectivity index (χ1) is 19.7. The molecule has 6 rings (SSSR count). The van der Waals surface area contributed by atoms with Crippen molar-refractivity contribution in [3.8, 4) is 11.4 Å². The van der Waals surface area contributed by atoms with E-state index in [1.165, 1.54) is 24.5 Å². The third-order valence-corrected chi connectivity index (χ3v) is 9.27. The minimum Gasteiger partial charge on any atom is -0.444 e. The van der Waals surface area contributed by atoms with Crippen LogP contribution >= 0.6 is 11.6 Å². The molecule has 0 bridgehead atoms. The molecule has 0 saturated carbocycles. The van der Waals surface area contributed by atoms with Gasteiger partial charge in [0.15, 0.2) is 17.3 Å². The quantitative estimate of drug-likeness (QED) is 0.315. The zero-order valence-corrected chi connectivity index (χ0v) is 23.7. The third kappa shape index (κ3) is 5.51. The lowest BCUT2D eigenvalue weighted by atomic mass is 10.0. The van der Waals surface area contributed by atoms with Gasteiger partial charge in [-0.15, -0.1) is 0 Å². The topological polar surface area (TPSA) is 117 Å². The normalized spacial score (nSPS) is 19.2. The maximum Gasteiger partial charge on any atom is 0.410 e. The van der Waals surface area contributed by atoms with Crippen LogP contribution in [0.15, 0.2) is 53.8 Å². The van der Waals surface area contributed by atoms with Gasteiger partial charge in [0.1, 0.15) is 6.10 Å². The zero-order valence-electron chi connectivity index (χ0n) is 22.2. The molecule has 1 amide bonds. The first-order valence-electron chi connectivity index (χ1n) is 13.2. The number of aryl methyl sites for hydroxylation is 1. The van der Waals surface area contributed by atoms with Gasteiger partial charge in [0.25, 0.3) is 10.0 Å². The summed E-state index contributed by atoms with van der Waals surface area (Å²) in [7, 11) is -4.02. The summed E-state index contributed by atoms with van der Waals surface area (Å²) in [6.07, 6.45) is 4.83. The second-order valence-corrected chi connectivity index (χ2v) is 12.6. The summed E-state index contributed by atoms with van der Waals surface area (Å²) >= 11 is 6.23. The average molecular weight is 600 g/mol. The molecule has 2 fully saturated rings. The van der Waals surface area contributed by atoms with E-state index < -0.39 is 15.8 Å². The number of carbonyl (C=O) groups is 1. The lowest BCUT2D eigenvalue weighted by Crippen LogP contribution is -2.33. The Morgan fingerprint density at radius 1 is 1.20 bits per heavy atom. The monoisotopic (exact) mass is 599 g/mol. The number of hydrogen-bond acceptors (Lipinski definition) is 8. The smallest absolute Gasteiger partial charge is 0.410 e. The van der Waals surface area contributed by atoms with Crippen molar-refractivity contribution in [1.29, 1.82) is 0 Å². The van der Waals surface area contributed by atoms with Crippen LogP contribution in [-0.2, 0) is 25.9 Å². The molecule has 10 nitrogen and oxygen atoms in total. The number of hydrogen-bond donors (Lipinski definition) is 0. The number of likely N-dealkylation sites (tertiary alicyclic amines) is 1. The van der Waals surface area contributed by atoms with E-state index in [0.717, 1.165) is 15.7 Å². The van der Waals surface area contributed by atoms with Crippen LogP contribution in [0.25, 0.3) is 22.4 Å². The van der Waals surface area contributed by atoms with Crippen molar-refractivity contribution in [1.82, 2.24) is 23.8 Å². The molecule has 41 heavy (non-hydrogen) atoms. The maximum absolute atomic E-state index is 14.9. The van der Waals surface area contributed by atoms with Crippen LogP contribution in [-0.4, -0.2) is 70.7 Å². The van der Waals surface area contributed by atoms with Gasteiger partial charge >= 0.3 is 6.09 Å². The molecule has 2 aliphatic rings. The van der Waals surface area contributed by atoms with Crippen LogP contribution < -0.4 is 0 Å². The Labute approximate surface area is 241 Å². The number of halogens is 2. The second kappa shape index (κ2) is 11.0. The van der Waals surface area contributed by atoms with Crippen LogP contribution in [0.5, 0.6) is 0 Å². The molecule has 0 radical (unpaired) electrons. The van der Waals surface area contributed by atoms with Crippen LogP contribution in [0.4, 0.5) is 9.18 Å². The molecule has 1 aromatic carbocycles. The number of pyridine rings is 1. The number of ether oxygens (including phenoxy) is 2. The molecular formula is C28H27ClFN5O5S. The van der Waals surface area contributed by atoms with Gasteiger partial charge in [-0.3, -0.25) is 0 Å². The predicted octanol–water partition coefficient (Wildman–Crippen LogP) is 4.62. The summed E-state index contributed by atoms with van der Waals surface area (Å²) in [4.78, 5) is 27.2. The number of benzene rings is 1. The van der Waals surface area contributed by atoms with E-state index in [-0.39, 0.29) is 46.6 Å². The summed E-state index contributed by atoms with van der Waals surface area (Å²) in [6, 6.07) is 8.07. The highest BCUT2D eigenvalue weighted by molar-refractivity contribution is 7.90. The second-order valence-electron chi connectivity index (χ2n) is 10.3. The molecule has 2 aliphatic heterocycles. The van der Waals surface area contributed by atoms with Gasteiger partial charge in [-0.05, 0) is 43.9 Å². The Balaban J connectivity index is 1.29. The lowest BCUT2D eigenvalue weighted by molar-refractivity contribution is 0.0589. The Morgan fingerprint density at radius 2 is 2.00 bits per heavy atom. The fourth-order valence-electron chi connectivity index (χ4n) is 5.18. The fourth-order valence-corrected chi connectivity index (χ4v) is 6.66. The first kappa shape index (κ1) is 27.6. The van der Waals surface area contributed by atoms with Crippen molar-refractivity contribution < 1.29 is 27.1 Å². The van der Waals surface area contributed by atoms with Crippen molar-refractivity contribution in [3.05, 3.63) is 71.0 Å². The first-order valence-corrected chi connectivity index (χ1v) is 15.0. The number of carbonyl (C=O) groups excluding carboxylic acids is 1. The van der Waals surface area contributed by atoms with Gasteiger partial charge < -0.3 is 14.4 Å². The highest BCUT2D eigenvalue weighted by Gasteiger charge is 2.31. The maximum atomic E-state index is 14.9. The van der Waals surface area contributed by atoms with Gasteiger partial charge in [-0.1, -0.05) is 29.3 Å². The minimum atomic E-state index is -4.02. The molecule has 2 atom stereocenters. The van der Waals surface area contributed by atoms with Crippen LogP contribution in [0.2, 0.25) is 5.02 Å². The number of nitrogens with zero attached hydrogens (tertiary/aromatic N) is 5. The molecule has 4 aromatic rings. The van der Waals surface area contributed by atoms with Gasteiger partial charge in [0, 0.05) is 42.9 Å². The summed E-state index contributed by atoms with van der Waals surface area (Å²) in [5.74, 6) is -0.465. The van der Waals surface area contributed by atoms with E-state index in [1.54, 1.807) is 23.1 Å².